The Labute approximate surface area is 110 Å². The van der Waals surface area contributed by atoms with E-state index < -0.39 is 37.3 Å². The highest BCUT2D eigenvalue weighted by atomic mass is 16.6. The van der Waals surface area contributed by atoms with Crippen LogP contribution in [0.5, 0.6) is 0 Å². The number of rotatable bonds is 4. The first-order chi connectivity index (χ1) is 9.13. The first-order valence-electron chi connectivity index (χ1n) is 6.09. The van der Waals surface area contributed by atoms with Crippen LogP contribution in [0.3, 0.4) is 0 Å². The van der Waals surface area contributed by atoms with Crippen LogP contribution in [-0.2, 0) is 16.1 Å². The summed E-state index contributed by atoms with van der Waals surface area (Å²) in [5.74, 6) is 0. The van der Waals surface area contributed by atoms with Gasteiger partial charge in [-0.3, -0.25) is 0 Å². The molecule has 0 unspecified atom stereocenters. The minimum Gasteiger partial charge on any atom is -0.394 e. The molecule has 1 aliphatic heterocycles. The van der Waals surface area contributed by atoms with E-state index in [0.717, 1.165) is 5.56 Å². The molecule has 6 heteroatoms. The lowest BCUT2D eigenvalue weighted by Gasteiger charge is -2.39. The maximum Gasteiger partial charge on any atom is 0.184 e. The summed E-state index contributed by atoms with van der Waals surface area (Å²) in [5.41, 5.74) is 0.878. The molecule has 0 saturated carbocycles. The van der Waals surface area contributed by atoms with Crippen LogP contribution in [0.25, 0.3) is 0 Å². The molecule has 106 valence electrons. The molecule has 0 spiro atoms. The van der Waals surface area contributed by atoms with Gasteiger partial charge >= 0.3 is 0 Å². The van der Waals surface area contributed by atoms with Gasteiger partial charge in [0.1, 0.15) is 24.4 Å². The van der Waals surface area contributed by atoms with Crippen LogP contribution >= 0.6 is 0 Å². The van der Waals surface area contributed by atoms with Gasteiger partial charge in [-0.1, -0.05) is 30.3 Å². The van der Waals surface area contributed by atoms with Crippen molar-refractivity contribution >= 4 is 0 Å². The zero-order valence-corrected chi connectivity index (χ0v) is 10.3. The van der Waals surface area contributed by atoms with E-state index in [-0.39, 0.29) is 6.61 Å². The summed E-state index contributed by atoms with van der Waals surface area (Å²) >= 11 is 0. The first-order valence-corrected chi connectivity index (χ1v) is 6.09. The van der Waals surface area contributed by atoms with Gasteiger partial charge in [-0.2, -0.15) is 0 Å². The smallest absolute Gasteiger partial charge is 0.184 e. The van der Waals surface area contributed by atoms with Crippen molar-refractivity contribution < 1.29 is 29.9 Å². The Morgan fingerprint density at radius 1 is 1.05 bits per heavy atom. The van der Waals surface area contributed by atoms with Crippen LogP contribution in [0.2, 0.25) is 0 Å². The van der Waals surface area contributed by atoms with Crippen molar-refractivity contribution in [3.05, 3.63) is 35.9 Å². The van der Waals surface area contributed by atoms with Gasteiger partial charge in [-0.05, 0) is 5.56 Å². The van der Waals surface area contributed by atoms with Gasteiger partial charge in [0.2, 0.25) is 0 Å². The number of aliphatic hydroxyl groups is 4. The highest BCUT2D eigenvalue weighted by Gasteiger charge is 2.44. The molecule has 1 aromatic carbocycles. The van der Waals surface area contributed by atoms with Crippen LogP contribution in [0, 0.1) is 0 Å². The number of aliphatic hydroxyl groups excluding tert-OH is 4. The quantitative estimate of drug-likeness (QED) is 0.560. The Morgan fingerprint density at radius 2 is 1.74 bits per heavy atom. The summed E-state index contributed by atoms with van der Waals surface area (Å²) in [6.45, 7) is -0.277. The van der Waals surface area contributed by atoms with Gasteiger partial charge in [0.25, 0.3) is 0 Å². The largest absolute Gasteiger partial charge is 0.394 e. The molecule has 0 aliphatic carbocycles. The SMILES string of the molecule is OC[C@H]1O[C@H](O)[C@@H](O)[C@H](OCc2ccccc2)[C@@H]1O. The van der Waals surface area contributed by atoms with Gasteiger partial charge in [0, 0.05) is 0 Å². The second kappa shape index (κ2) is 6.42. The van der Waals surface area contributed by atoms with Crippen molar-refractivity contribution in [2.45, 2.75) is 37.3 Å². The molecule has 5 atom stereocenters. The fourth-order valence-electron chi connectivity index (χ4n) is 2.03. The molecule has 0 bridgehead atoms. The van der Waals surface area contributed by atoms with Crippen molar-refractivity contribution in [3.63, 3.8) is 0 Å². The fourth-order valence-corrected chi connectivity index (χ4v) is 2.03. The second-order valence-electron chi connectivity index (χ2n) is 4.49. The van der Waals surface area contributed by atoms with E-state index in [4.69, 9.17) is 14.6 Å². The summed E-state index contributed by atoms with van der Waals surface area (Å²) in [7, 11) is 0. The predicted molar refractivity (Wildman–Crippen MR) is 65.0 cm³/mol. The standard InChI is InChI=1S/C13H18O6/c14-6-9-10(15)12(11(16)13(17)19-9)18-7-8-4-2-1-3-5-8/h1-5,9-17H,6-7H2/t9-,10-,11+,12-,13+/m1/s1. The van der Waals surface area contributed by atoms with Gasteiger partial charge in [0.05, 0.1) is 13.2 Å². The lowest BCUT2D eigenvalue weighted by atomic mass is 9.99. The summed E-state index contributed by atoms with van der Waals surface area (Å²) in [4.78, 5) is 0. The maximum atomic E-state index is 9.91. The number of ether oxygens (including phenoxy) is 2. The highest BCUT2D eigenvalue weighted by Crippen LogP contribution is 2.23. The monoisotopic (exact) mass is 270 g/mol. The Balaban J connectivity index is 2.00. The maximum absolute atomic E-state index is 9.91. The van der Waals surface area contributed by atoms with Crippen molar-refractivity contribution in [3.8, 4) is 0 Å². The molecule has 1 saturated heterocycles. The van der Waals surface area contributed by atoms with E-state index in [0.29, 0.717) is 0 Å². The zero-order valence-electron chi connectivity index (χ0n) is 10.3. The molecule has 1 fully saturated rings. The van der Waals surface area contributed by atoms with Crippen LogP contribution in [0.1, 0.15) is 5.56 Å². The molecule has 4 N–H and O–H groups in total. The highest BCUT2D eigenvalue weighted by molar-refractivity contribution is 5.13. The Hall–Kier alpha value is -1.02. The lowest BCUT2D eigenvalue weighted by molar-refractivity contribution is -0.296. The molecular formula is C13H18O6. The van der Waals surface area contributed by atoms with Crippen LogP contribution in [0.4, 0.5) is 0 Å². The second-order valence-corrected chi connectivity index (χ2v) is 4.49. The average Bonchev–Trinajstić information content (AvgIpc) is 2.44. The van der Waals surface area contributed by atoms with E-state index in [1.54, 1.807) is 0 Å². The summed E-state index contributed by atoms with van der Waals surface area (Å²) in [5, 5.41) is 38.2. The predicted octanol–water partition coefficient (Wildman–Crippen LogP) is -0.997. The Morgan fingerprint density at radius 3 is 2.37 bits per heavy atom. The van der Waals surface area contributed by atoms with Gasteiger partial charge in [-0.25, -0.2) is 0 Å². The third-order valence-corrected chi connectivity index (χ3v) is 3.13. The molecule has 2 rings (SSSR count). The molecule has 19 heavy (non-hydrogen) atoms. The van der Waals surface area contributed by atoms with Crippen molar-refractivity contribution in [2.75, 3.05) is 6.61 Å². The fraction of sp³-hybridized carbons (Fsp3) is 0.538. The number of hydrogen-bond donors (Lipinski definition) is 4. The summed E-state index contributed by atoms with van der Waals surface area (Å²) < 4.78 is 10.3. The Kier molecular flexibility index (Phi) is 4.87. The number of hydrogen-bond acceptors (Lipinski definition) is 6. The van der Waals surface area contributed by atoms with Gasteiger partial charge < -0.3 is 29.9 Å². The molecule has 0 amide bonds. The lowest BCUT2D eigenvalue weighted by Crippen LogP contribution is -2.59. The van der Waals surface area contributed by atoms with E-state index in [1.165, 1.54) is 0 Å². The van der Waals surface area contributed by atoms with Crippen molar-refractivity contribution in [1.29, 1.82) is 0 Å². The molecule has 6 nitrogen and oxygen atoms in total. The molecule has 1 aliphatic rings. The van der Waals surface area contributed by atoms with Crippen LogP contribution in [-0.4, -0.2) is 57.7 Å². The summed E-state index contributed by atoms with van der Waals surface area (Å²) in [6, 6.07) is 9.26. The van der Waals surface area contributed by atoms with E-state index >= 15 is 0 Å². The normalized spacial score (nSPS) is 35.3. The van der Waals surface area contributed by atoms with Crippen molar-refractivity contribution in [1.82, 2.24) is 0 Å². The zero-order chi connectivity index (χ0) is 13.8. The topological polar surface area (TPSA) is 99.4 Å². The summed E-state index contributed by atoms with van der Waals surface area (Å²) in [6.07, 6.45) is -6.03. The molecule has 1 heterocycles. The number of benzene rings is 1. The van der Waals surface area contributed by atoms with E-state index in [9.17, 15) is 15.3 Å². The average molecular weight is 270 g/mol. The van der Waals surface area contributed by atoms with Crippen molar-refractivity contribution in [2.24, 2.45) is 0 Å². The molecule has 1 aromatic rings. The third kappa shape index (κ3) is 3.30. The molecule has 0 radical (unpaired) electrons. The van der Waals surface area contributed by atoms with Crippen LogP contribution in [0.15, 0.2) is 30.3 Å². The van der Waals surface area contributed by atoms with Gasteiger partial charge in [0.15, 0.2) is 6.29 Å². The minimum absolute atomic E-state index is 0.185. The minimum atomic E-state index is -1.48. The van der Waals surface area contributed by atoms with Gasteiger partial charge in [-0.15, -0.1) is 0 Å². The van der Waals surface area contributed by atoms with E-state index in [2.05, 4.69) is 0 Å². The third-order valence-electron chi connectivity index (χ3n) is 3.13. The first kappa shape index (κ1) is 14.4. The van der Waals surface area contributed by atoms with Crippen LogP contribution < -0.4 is 0 Å². The Bertz CT molecular complexity index is 384. The molecule has 0 aromatic heterocycles. The molecular weight excluding hydrogens is 252 g/mol. The van der Waals surface area contributed by atoms with E-state index in [1.807, 2.05) is 30.3 Å².